The van der Waals surface area contributed by atoms with Crippen LogP contribution in [0, 0.1) is 34.0 Å². The lowest BCUT2D eigenvalue weighted by molar-refractivity contribution is 1.14. The molecule has 0 bridgehead atoms. The normalized spacial score (nSPS) is 12.8. The van der Waals surface area contributed by atoms with Gasteiger partial charge in [0, 0.05) is 83.4 Å². The lowest BCUT2D eigenvalue weighted by atomic mass is 9.36. The largest absolute Gasteiger partial charge is 0.309 e. The molecule has 4 aromatic heterocycles. The minimum atomic E-state index is -0.0748. The molecule has 0 amide bonds. The zero-order valence-electron chi connectivity index (χ0n) is 38.4. The summed E-state index contributed by atoms with van der Waals surface area (Å²) >= 11 is 5.62. The molecule has 0 saturated carbocycles. The second-order valence-corrected chi connectivity index (χ2v) is 22.1. The molecule has 6 heterocycles. The topological polar surface area (TPSA) is 86.2 Å². The van der Waals surface area contributed by atoms with Crippen LogP contribution in [0.15, 0.2) is 208 Å². The highest BCUT2D eigenvalue weighted by molar-refractivity contribution is 8.01. The highest BCUT2D eigenvalue weighted by Gasteiger charge is 2.41. The van der Waals surface area contributed by atoms with E-state index in [9.17, 15) is 15.8 Å². The van der Waals surface area contributed by atoms with Crippen LogP contribution in [-0.4, -0.2) is 20.4 Å². The summed E-state index contributed by atoms with van der Waals surface area (Å²) < 4.78 is 9.68. The number of thiophene rings is 1. The van der Waals surface area contributed by atoms with Gasteiger partial charge in [-0.25, -0.2) is 0 Å². The molecule has 10 aromatic carbocycles. The summed E-state index contributed by atoms with van der Waals surface area (Å²) in [6, 6.07) is 74.1. The summed E-state index contributed by atoms with van der Waals surface area (Å²) in [4.78, 5) is 4.88. The van der Waals surface area contributed by atoms with Gasteiger partial charge in [-0.2, -0.15) is 15.8 Å². The smallest absolute Gasteiger partial charge is 0.248 e. The minimum absolute atomic E-state index is 0.0748. The van der Waals surface area contributed by atoms with Gasteiger partial charge in [0.2, 0.25) is 6.71 Å². The first kappa shape index (κ1) is 40.8. The fourth-order valence-electron chi connectivity index (χ4n) is 12.2. The molecule has 0 saturated heterocycles. The first-order valence-electron chi connectivity index (χ1n) is 24.0. The molecule has 0 N–H and O–H groups in total. The van der Waals surface area contributed by atoms with Crippen LogP contribution in [0.25, 0.3) is 103 Å². The molecule has 0 fully saturated rings. The second-order valence-electron chi connectivity index (χ2n) is 18.9. The van der Waals surface area contributed by atoms with E-state index < -0.39 is 0 Å². The van der Waals surface area contributed by atoms with Gasteiger partial charge in [-0.1, -0.05) is 108 Å². The summed E-state index contributed by atoms with van der Waals surface area (Å²) in [5, 5.41) is 39.0. The van der Waals surface area contributed by atoms with Crippen molar-refractivity contribution >= 4 is 144 Å². The van der Waals surface area contributed by atoms with Crippen molar-refractivity contribution in [3.63, 3.8) is 0 Å². The van der Waals surface area contributed by atoms with E-state index >= 15 is 0 Å². The molecule has 6 nitrogen and oxygen atoms in total. The Bertz CT molecular complexity index is 4870. The molecule has 2 aliphatic heterocycles. The number of fused-ring (bicyclic) bond motifs is 17. The Morgan fingerprint density at radius 3 is 1.42 bits per heavy atom. The summed E-state index contributed by atoms with van der Waals surface area (Å²) in [6.45, 7) is -0.0748. The van der Waals surface area contributed by atoms with Crippen molar-refractivity contribution < 1.29 is 0 Å². The van der Waals surface area contributed by atoms with Crippen molar-refractivity contribution in [3.05, 3.63) is 205 Å². The van der Waals surface area contributed by atoms with E-state index in [-0.39, 0.29) is 6.71 Å². The highest BCUT2D eigenvalue weighted by Crippen LogP contribution is 2.48. The van der Waals surface area contributed by atoms with E-state index in [2.05, 4.69) is 171 Å². The van der Waals surface area contributed by atoms with Crippen molar-refractivity contribution in [2.24, 2.45) is 0 Å². The molecule has 10 heteroatoms. The molecule has 16 rings (SSSR count). The third-order valence-electron chi connectivity index (χ3n) is 15.2. The quantitative estimate of drug-likeness (QED) is 0.165. The number of hydrogen-bond donors (Lipinski definition) is 0. The average molecular weight is 979 g/mol. The number of aromatic nitrogens is 3. The first-order valence-corrected chi connectivity index (χ1v) is 26.5. The maximum atomic E-state index is 10.1. The number of nitriles is 3. The van der Waals surface area contributed by atoms with Crippen LogP contribution in [0.3, 0.4) is 0 Å². The van der Waals surface area contributed by atoms with Gasteiger partial charge in [-0.3, -0.25) is 0 Å². The van der Waals surface area contributed by atoms with Crippen LogP contribution in [0.4, 0.5) is 0 Å². The van der Waals surface area contributed by atoms with Gasteiger partial charge in [0.25, 0.3) is 0 Å². The summed E-state index contributed by atoms with van der Waals surface area (Å²) in [7, 11) is 0. The van der Waals surface area contributed by atoms with Gasteiger partial charge >= 0.3 is 0 Å². The van der Waals surface area contributed by atoms with Crippen molar-refractivity contribution in [3.8, 4) is 35.3 Å². The Labute approximate surface area is 429 Å². The van der Waals surface area contributed by atoms with Crippen LogP contribution < -0.4 is 16.4 Å². The summed E-state index contributed by atoms with van der Waals surface area (Å²) in [5.74, 6) is 0. The Morgan fingerprint density at radius 1 is 0.370 bits per heavy atom. The van der Waals surface area contributed by atoms with Crippen molar-refractivity contribution in [2.45, 2.75) is 19.6 Å². The van der Waals surface area contributed by atoms with Crippen molar-refractivity contribution in [1.82, 2.24) is 13.7 Å². The standard InChI is InChI=1S/C63H31BN6S3/c65-32-35-19-24-53-44(25-35)42-11-3-7-15-50(42)70(53)54-31-59-62(63-60(54)43-12-4-8-16-55(43)73-63)64-47-21-20-38(68-51-22-17-36(33-66)26-45(51)46-27-37(34-67)18-23-52(46)68)28-56(47)71-57-29-39(30-58(72-59)61(57)64)69-48-13-5-1-9-40(48)41-10-2-6-14-49(41)69/h1-31H. The molecule has 2 aliphatic rings. The van der Waals surface area contributed by atoms with Gasteiger partial charge in [-0.15, -0.1) is 11.3 Å². The van der Waals surface area contributed by atoms with Gasteiger partial charge in [0.1, 0.15) is 0 Å². The molecular formula is C63H31BN6S3. The van der Waals surface area contributed by atoms with Gasteiger partial charge < -0.3 is 13.7 Å². The minimum Gasteiger partial charge on any atom is -0.309 e. The maximum Gasteiger partial charge on any atom is 0.248 e. The van der Waals surface area contributed by atoms with E-state index in [1.807, 2.05) is 83.4 Å². The van der Waals surface area contributed by atoms with Gasteiger partial charge in [0.05, 0.1) is 73.7 Å². The van der Waals surface area contributed by atoms with Crippen LogP contribution in [0.1, 0.15) is 16.7 Å². The van der Waals surface area contributed by atoms with Crippen LogP contribution >= 0.6 is 34.9 Å². The monoisotopic (exact) mass is 978 g/mol. The molecule has 0 radical (unpaired) electrons. The third kappa shape index (κ3) is 5.59. The number of benzene rings is 10. The fraction of sp³-hybridized carbons (Fsp3) is 0. The summed E-state index contributed by atoms with van der Waals surface area (Å²) in [6.07, 6.45) is 0. The Hall–Kier alpha value is -8.95. The van der Waals surface area contributed by atoms with Gasteiger partial charge in [0.15, 0.2) is 0 Å². The highest BCUT2D eigenvalue weighted by atomic mass is 32.2. The predicted molar refractivity (Wildman–Crippen MR) is 302 cm³/mol. The maximum absolute atomic E-state index is 10.1. The molecular weight excluding hydrogens is 948 g/mol. The fourth-order valence-corrected chi connectivity index (χ4v) is 16.1. The van der Waals surface area contributed by atoms with Crippen LogP contribution in [-0.2, 0) is 0 Å². The average Bonchev–Trinajstić information content (AvgIpc) is 4.21. The lowest BCUT2D eigenvalue weighted by Crippen LogP contribution is -2.58. The SMILES string of the molecule is N#Cc1ccc2c(c1)c1cc(C#N)ccc1n2-c1ccc2c(c1)Sc1cc(-n3c4ccccc4c4ccccc43)cc3c1B2c1c(cc(-n2c4ccccc4c4cc(C#N)ccc42)c2c1sc1ccccc12)S3. The number of rotatable bonds is 3. The molecule has 334 valence electrons. The van der Waals surface area contributed by atoms with E-state index in [4.69, 9.17) is 0 Å². The second kappa shape index (κ2) is 15.0. The Kier molecular flexibility index (Phi) is 8.40. The molecule has 14 aromatic rings. The molecule has 0 unspecified atom stereocenters. The summed E-state index contributed by atoms with van der Waals surface area (Å²) in [5.41, 5.74) is 15.5. The van der Waals surface area contributed by atoms with Crippen LogP contribution in [0.5, 0.6) is 0 Å². The van der Waals surface area contributed by atoms with E-state index in [1.54, 1.807) is 0 Å². The van der Waals surface area contributed by atoms with E-state index in [0.717, 1.165) is 60.7 Å². The predicted octanol–water partition coefficient (Wildman–Crippen LogP) is 14.4. The van der Waals surface area contributed by atoms with Crippen LogP contribution in [0.2, 0.25) is 0 Å². The van der Waals surface area contributed by atoms with Crippen molar-refractivity contribution in [2.75, 3.05) is 0 Å². The number of hydrogen-bond acceptors (Lipinski definition) is 6. The van der Waals surface area contributed by atoms with E-state index in [1.165, 1.54) is 77.9 Å². The van der Waals surface area contributed by atoms with Gasteiger partial charge in [-0.05, 0) is 120 Å². The zero-order chi connectivity index (χ0) is 48.2. The third-order valence-corrected chi connectivity index (χ3v) is 18.7. The number of nitrogens with zero attached hydrogens (tertiary/aromatic N) is 6. The number of para-hydroxylation sites is 3. The lowest BCUT2D eigenvalue weighted by Gasteiger charge is -2.34. The molecule has 0 spiro atoms. The Balaban J connectivity index is 1.00. The van der Waals surface area contributed by atoms with Crippen molar-refractivity contribution in [1.29, 1.82) is 15.8 Å². The van der Waals surface area contributed by atoms with E-state index in [0.29, 0.717) is 16.7 Å². The molecule has 0 aliphatic carbocycles. The first-order chi connectivity index (χ1) is 36.0. The molecule has 0 atom stereocenters. The zero-order valence-corrected chi connectivity index (χ0v) is 40.8. The Morgan fingerprint density at radius 2 is 0.822 bits per heavy atom. The molecule has 73 heavy (non-hydrogen) atoms.